The molecule has 3 N–H and O–H groups in total. The summed E-state index contributed by atoms with van der Waals surface area (Å²) in [5.41, 5.74) is 6.24. The second-order valence-corrected chi connectivity index (χ2v) is 4.85. The van der Waals surface area contributed by atoms with Crippen molar-refractivity contribution in [3.8, 4) is 0 Å². The molecule has 0 bridgehead atoms. The number of halogens is 1. The zero-order chi connectivity index (χ0) is 13.7. The molecule has 1 aliphatic carbocycles. The molecule has 1 aromatic rings. The summed E-state index contributed by atoms with van der Waals surface area (Å²) in [6.07, 6.45) is 5.80. The van der Waals surface area contributed by atoms with Gasteiger partial charge in [0.1, 0.15) is 12.4 Å². The van der Waals surface area contributed by atoms with Gasteiger partial charge in [-0.3, -0.25) is 4.79 Å². The highest BCUT2D eigenvalue weighted by atomic mass is 19.1. The average Bonchev–Trinajstić information content (AvgIpc) is 2.41. The van der Waals surface area contributed by atoms with E-state index in [4.69, 9.17) is 10.5 Å². The lowest BCUT2D eigenvalue weighted by Gasteiger charge is -2.21. The summed E-state index contributed by atoms with van der Waals surface area (Å²) in [5, 5.41) is 2.62. The maximum absolute atomic E-state index is 12.9. The van der Waals surface area contributed by atoms with Gasteiger partial charge >= 0.3 is 0 Å². The van der Waals surface area contributed by atoms with Gasteiger partial charge in [0.05, 0.1) is 17.5 Å². The smallest absolute Gasteiger partial charge is 0.250 e. The summed E-state index contributed by atoms with van der Waals surface area (Å²) in [6, 6.07) is 3.88. The second kappa shape index (κ2) is 6.52. The number of hydrogen-bond acceptors (Lipinski definition) is 3. The molecule has 0 heterocycles. The first-order valence-electron chi connectivity index (χ1n) is 6.61. The fourth-order valence-corrected chi connectivity index (χ4v) is 2.26. The molecule has 19 heavy (non-hydrogen) atoms. The zero-order valence-corrected chi connectivity index (χ0v) is 10.8. The molecular weight excluding hydrogens is 247 g/mol. The molecule has 0 unspecified atom stereocenters. The first-order valence-corrected chi connectivity index (χ1v) is 6.61. The highest BCUT2D eigenvalue weighted by molar-refractivity contribution is 5.94. The van der Waals surface area contributed by atoms with Crippen LogP contribution >= 0.6 is 0 Å². The van der Waals surface area contributed by atoms with E-state index in [2.05, 4.69) is 5.32 Å². The van der Waals surface area contributed by atoms with Gasteiger partial charge in [-0.05, 0) is 31.0 Å². The number of rotatable bonds is 4. The number of carbonyl (C=O) groups is 1. The molecular formula is C14H19FN2O2. The van der Waals surface area contributed by atoms with E-state index in [0.717, 1.165) is 25.7 Å². The van der Waals surface area contributed by atoms with E-state index in [1.165, 1.54) is 24.6 Å². The van der Waals surface area contributed by atoms with Gasteiger partial charge in [0.25, 0.3) is 0 Å². The van der Waals surface area contributed by atoms with Crippen molar-refractivity contribution in [1.29, 1.82) is 0 Å². The first kappa shape index (κ1) is 13.8. The van der Waals surface area contributed by atoms with Crippen LogP contribution in [0, 0.1) is 5.82 Å². The van der Waals surface area contributed by atoms with Gasteiger partial charge < -0.3 is 15.8 Å². The van der Waals surface area contributed by atoms with Gasteiger partial charge in [-0.15, -0.1) is 0 Å². The predicted molar refractivity (Wildman–Crippen MR) is 72.3 cm³/mol. The van der Waals surface area contributed by atoms with E-state index in [1.807, 2.05) is 0 Å². The minimum Gasteiger partial charge on any atom is -0.397 e. The molecule has 0 atom stereocenters. The summed E-state index contributed by atoms with van der Waals surface area (Å²) in [6.45, 7) is 0.0154. The normalized spacial score (nSPS) is 16.3. The number of nitrogen functional groups attached to an aromatic ring is 1. The van der Waals surface area contributed by atoms with Gasteiger partial charge in [0, 0.05) is 0 Å². The number of benzene rings is 1. The number of ether oxygens (including phenoxy) is 1. The Kier molecular flexibility index (Phi) is 4.74. The van der Waals surface area contributed by atoms with Gasteiger partial charge in [0.2, 0.25) is 5.91 Å². The van der Waals surface area contributed by atoms with E-state index in [0.29, 0.717) is 5.69 Å². The van der Waals surface area contributed by atoms with Crippen LogP contribution in [0.15, 0.2) is 18.2 Å². The lowest BCUT2D eigenvalue weighted by atomic mass is 9.98. The van der Waals surface area contributed by atoms with E-state index in [1.54, 1.807) is 0 Å². The number of carbonyl (C=O) groups excluding carboxylic acids is 1. The molecule has 1 fully saturated rings. The lowest BCUT2D eigenvalue weighted by Crippen LogP contribution is -2.25. The zero-order valence-electron chi connectivity index (χ0n) is 10.8. The van der Waals surface area contributed by atoms with Crippen molar-refractivity contribution in [3.63, 3.8) is 0 Å². The van der Waals surface area contributed by atoms with Crippen molar-refractivity contribution in [2.45, 2.75) is 38.2 Å². The molecule has 0 aromatic heterocycles. The molecule has 5 heteroatoms. The number of nitrogens with one attached hydrogen (secondary N) is 1. The summed E-state index contributed by atoms with van der Waals surface area (Å²) in [4.78, 5) is 11.7. The van der Waals surface area contributed by atoms with E-state index >= 15 is 0 Å². The molecule has 0 aliphatic heterocycles. The molecule has 104 valence electrons. The Bertz CT molecular complexity index is 445. The van der Waals surface area contributed by atoms with Crippen LogP contribution in [0.2, 0.25) is 0 Å². The monoisotopic (exact) mass is 266 g/mol. The predicted octanol–water partition coefficient (Wildman–Crippen LogP) is 2.70. The first-order chi connectivity index (χ1) is 9.15. The molecule has 1 aromatic carbocycles. The Balaban J connectivity index is 1.80. The van der Waals surface area contributed by atoms with Crippen LogP contribution in [0.4, 0.5) is 15.8 Å². The van der Waals surface area contributed by atoms with Crippen molar-refractivity contribution < 1.29 is 13.9 Å². The topological polar surface area (TPSA) is 64.3 Å². The van der Waals surface area contributed by atoms with E-state index < -0.39 is 5.82 Å². The fraction of sp³-hybridized carbons (Fsp3) is 0.500. The highest BCUT2D eigenvalue weighted by Gasteiger charge is 2.15. The molecule has 0 saturated heterocycles. The SMILES string of the molecule is Nc1cc(F)ccc1NC(=O)COC1CCCCC1. The molecule has 1 amide bonds. The highest BCUT2D eigenvalue weighted by Crippen LogP contribution is 2.21. The van der Waals surface area contributed by atoms with Crippen LogP contribution in [0.3, 0.4) is 0 Å². The van der Waals surface area contributed by atoms with Gasteiger partial charge in [-0.25, -0.2) is 4.39 Å². The van der Waals surface area contributed by atoms with Crippen LogP contribution in [0.25, 0.3) is 0 Å². The summed E-state index contributed by atoms with van der Waals surface area (Å²) < 4.78 is 18.4. The third-order valence-electron chi connectivity index (χ3n) is 3.29. The summed E-state index contributed by atoms with van der Waals surface area (Å²) in [7, 11) is 0. The second-order valence-electron chi connectivity index (χ2n) is 4.85. The van der Waals surface area contributed by atoms with Crippen molar-refractivity contribution in [2.24, 2.45) is 0 Å². The molecule has 1 aliphatic rings. The number of anilines is 2. The minimum absolute atomic E-state index is 0.0154. The Hall–Kier alpha value is -1.62. The Labute approximate surface area is 112 Å². The van der Waals surface area contributed by atoms with Gasteiger partial charge in [0.15, 0.2) is 0 Å². The van der Waals surface area contributed by atoms with Crippen molar-refractivity contribution in [2.75, 3.05) is 17.7 Å². The summed E-state index contributed by atoms with van der Waals surface area (Å²) in [5.74, 6) is -0.683. The third kappa shape index (κ3) is 4.21. The minimum atomic E-state index is -0.422. The molecule has 4 nitrogen and oxygen atoms in total. The van der Waals surface area contributed by atoms with Crippen molar-refractivity contribution >= 4 is 17.3 Å². The standard InChI is InChI=1S/C14H19FN2O2/c15-10-6-7-13(12(16)8-10)17-14(18)9-19-11-4-2-1-3-5-11/h6-8,11H,1-5,9,16H2,(H,17,18). The third-order valence-corrected chi connectivity index (χ3v) is 3.29. The maximum Gasteiger partial charge on any atom is 0.250 e. The van der Waals surface area contributed by atoms with E-state index in [9.17, 15) is 9.18 Å². The largest absolute Gasteiger partial charge is 0.397 e. The number of nitrogens with two attached hydrogens (primary N) is 1. The number of amides is 1. The van der Waals surface area contributed by atoms with Gasteiger partial charge in [-0.2, -0.15) is 0 Å². The Morgan fingerprint density at radius 3 is 2.79 bits per heavy atom. The Morgan fingerprint density at radius 1 is 1.37 bits per heavy atom. The van der Waals surface area contributed by atoms with Crippen LogP contribution in [0.1, 0.15) is 32.1 Å². The van der Waals surface area contributed by atoms with Crippen LogP contribution in [-0.2, 0) is 9.53 Å². The maximum atomic E-state index is 12.9. The van der Waals surface area contributed by atoms with Gasteiger partial charge in [-0.1, -0.05) is 19.3 Å². The van der Waals surface area contributed by atoms with Crippen LogP contribution in [0.5, 0.6) is 0 Å². The van der Waals surface area contributed by atoms with Crippen molar-refractivity contribution in [3.05, 3.63) is 24.0 Å². The number of hydrogen-bond donors (Lipinski definition) is 2. The Morgan fingerprint density at radius 2 is 2.11 bits per heavy atom. The van der Waals surface area contributed by atoms with Crippen LogP contribution in [-0.4, -0.2) is 18.6 Å². The fourth-order valence-electron chi connectivity index (χ4n) is 2.26. The van der Waals surface area contributed by atoms with Crippen LogP contribution < -0.4 is 11.1 Å². The average molecular weight is 266 g/mol. The molecule has 2 rings (SSSR count). The molecule has 1 saturated carbocycles. The summed E-state index contributed by atoms with van der Waals surface area (Å²) >= 11 is 0. The quantitative estimate of drug-likeness (QED) is 0.823. The van der Waals surface area contributed by atoms with Crippen molar-refractivity contribution in [1.82, 2.24) is 0 Å². The van der Waals surface area contributed by atoms with E-state index in [-0.39, 0.29) is 24.3 Å². The molecule has 0 spiro atoms. The lowest BCUT2D eigenvalue weighted by molar-refractivity contribution is -0.123. The molecule has 0 radical (unpaired) electrons.